The molecule has 4 nitrogen and oxygen atoms in total. The molecule has 1 aliphatic carbocycles. The highest BCUT2D eigenvalue weighted by molar-refractivity contribution is 7.89. The fourth-order valence-corrected chi connectivity index (χ4v) is 4.43. The molecular weight excluding hydrogens is 274 g/mol. The van der Waals surface area contributed by atoms with Gasteiger partial charge in [0.2, 0.25) is 10.0 Å². The van der Waals surface area contributed by atoms with Gasteiger partial charge in [0, 0.05) is 6.61 Å². The van der Waals surface area contributed by atoms with Crippen molar-refractivity contribution in [3.8, 4) is 0 Å². The summed E-state index contributed by atoms with van der Waals surface area (Å²) in [6.45, 7) is 0.770. The summed E-state index contributed by atoms with van der Waals surface area (Å²) < 4.78 is 32.9. The zero-order valence-electron chi connectivity index (χ0n) is 11.5. The van der Waals surface area contributed by atoms with Crippen LogP contribution in [-0.4, -0.2) is 26.9 Å². The average Bonchev–Trinajstić information content (AvgIpc) is 3.02. The highest BCUT2D eigenvalue weighted by Crippen LogP contribution is 2.46. The van der Waals surface area contributed by atoms with Crippen molar-refractivity contribution >= 4 is 10.0 Å². The SMILES string of the molecule is O=S(=O)(CC[C@H]1CCCO1)NC1(c2ccccc2)CC1. The molecule has 1 N–H and O–H groups in total. The van der Waals surface area contributed by atoms with Crippen LogP contribution in [0.5, 0.6) is 0 Å². The second-order valence-electron chi connectivity index (χ2n) is 5.79. The Kier molecular flexibility index (Phi) is 3.84. The van der Waals surface area contributed by atoms with Crippen LogP contribution in [0.4, 0.5) is 0 Å². The van der Waals surface area contributed by atoms with Gasteiger partial charge in [0.25, 0.3) is 0 Å². The maximum absolute atomic E-state index is 12.2. The molecule has 1 saturated carbocycles. The Labute approximate surface area is 120 Å². The van der Waals surface area contributed by atoms with E-state index in [4.69, 9.17) is 4.74 Å². The molecule has 1 aromatic rings. The molecule has 20 heavy (non-hydrogen) atoms. The molecule has 2 fully saturated rings. The van der Waals surface area contributed by atoms with Crippen molar-refractivity contribution in [3.05, 3.63) is 35.9 Å². The Balaban J connectivity index is 1.61. The molecule has 1 saturated heterocycles. The van der Waals surface area contributed by atoms with E-state index >= 15 is 0 Å². The Bertz CT molecular complexity index is 546. The van der Waals surface area contributed by atoms with Crippen LogP contribution >= 0.6 is 0 Å². The first-order valence-electron chi connectivity index (χ1n) is 7.28. The lowest BCUT2D eigenvalue weighted by Gasteiger charge is -2.18. The minimum absolute atomic E-state index is 0.124. The van der Waals surface area contributed by atoms with Crippen molar-refractivity contribution in [2.24, 2.45) is 0 Å². The van der Waals surface area contributed by atoms with E-state index < -0.39 is 10.0 Å². The predicted octanol–water partition coefficient (Wildman–Crippen LogP) is 2.16. The van der Waals surface area contributed by atoms with E-state index in [-0.39, 0.29) is 17.4 Å². The molecule has 0 bridgehead atoms. The Morgan fingerprint density at radius 3 is 2.60 bits per heavy atom. The number of hydrogen-bond acceptors (Lipinski definition) is 3. The van der Waals surface area contributed by atoms with Crippen LogP contribution in [0.15, 0.2) is 30.3 Å². The number of benzene rings is 1. The third kappa shape index (κ3) is 3.22. The monoisotopic (exact) mass is 295 g/mol. The molecule has 2 aliphatic rings. The predicted molar refractivity (Wildman–Crippen MR) is 77.9 cm³/mol. The van der Waals surface area contributed by atoms with Crippen LogP contribution in [0.1, 0.15) is 37.7 Å². The average molecular weight is 295 g/mol. The van der Waals surface area contributed by atoms with E-state index in [2.05, 4.69) is 4.72 Å². The molecule has 1 heterocycles. The molecule has 0 unspecified atom stereocenters. The van der Waals surface area contributed by atoms with Gasteiger partial charge in [-0.05, 0) is 37.7 Å². The van der Waals surface area contributed by atoms with Crippen molar-refractivity contribution < 1.29 is 13.2 Å². The topological polar surface area (TPSA) is 55.4 Å². The quantitative estimate of drug-likeness (QED) is 0.875. The molecule has 0 radical (unpaired) electrons. The molecular formula is C15H21NO3S. The second-order valence-corrected chi connectivity index (χ2v) is 7.63. The van der Waals surface area contributed by atoms with Crippen LogP contribution < -0.4 is 4.72 Å². The molecule has 110 valence electrons. The highest BCUT2D eigenvalue weighted by Gasteiger charge is 2.47. The summed E-state index contributed by atoms with van der Waals surface area (Å²) in [4.78, 5) is 0. The Hall–Kier alpha value is -0.910. The first-order chi connectivity index (χ1) is 9.60. The van der Waals surface area contributed by atoms with Gasteiger partial charge >= 0.3 is 0 Å². The normalized spacial score (nSPS) is 24.7. The van der Waals surface area contributed by atoms with Crippen molar-refractivity contribution in [2.75, 3.05) is 12.4 Å². The first kappa shape index (κ1) is 14.0. The fourth-order valence-electron chi connectivity index (χ4n) is 2.84. The first-order valence-corrected chi connectivity index (χ1v) is 8.94. The second kappa shape index (κ2) is 5.47. The van der Waals surface area contributed by atoms with Gasteiger partial charge in [-0.3, -0.25) is 0 Å². The fraction of sp³-hybridized carbons (Fsp3) is 0.600. The van der Waals surface area contributed by atoms with Crippen molar-refractivity contribution in [1.29, 1.82) is 0 Å². The van der Waals surface area contributed by atoms with Crippen molar-refractivity contribution in [1.82, 2.24) is 4.72 Å². The highest BCUT2D eigenvalue weighted by atomic mass is 32.2. The summed E-state index contributed by atoms with van der Waals surface area (Å²) in [5, 5.41) is 0. The summed E-state index contributed by atoms with van der Waals surface area (Å²) >= 11 is 0. The van der Waals surface area contributed by atoms with E-state index in [0.717, 1.165) is 37.9 Å². The van der Waals surface area contributed by atoms with Crippen LogP contribution in [0, 0.1) is 0 Å². The Morgan fingerprint density at radius 2 is 2.00 bits per heavy atom. The summed E-state index contributed by atoms with van der Waals surface area (Å²) in [7, 11) is -3.24. The van der Waals surface area contributed by atoms with Crippen molar-refractivity contribution in [2.45, 2.75) is 43.7 Å². The third-order valence-corrected chi connectivity index (χ3v) is 5.63. The standard InChI is InChI=1S/C15H21NO3S/c17-20(18,12-8-14-7-4-11-19-14)16-15(9-10-15)13-5-2-1-3-6-13/h1-3,5-6,14,16H,4,7-12H2/t14-/m1/s1. The van der Waals surface area contributed by atoms with Gasteiger partial charge in [-0.2, -0.15) is 0 Å². The number of nitrogens with one attached hydrogen (secondary N) is 1. The van der Waals surface area contributed by atoms with Gasteiger partial charge < -0.3 is 4.74 Å². The lowest BCUT2D eigenvalue weighted by molar-refractivity contribution is 0.108. The van der Waals surface area contributed by atoms with Gasteiger partial charge in [0.1, 0.15) is 0 Å². The maximum atomic E-state index is 12.2. The molecule has 1 atom stereocenters. The zero-order valence-corrected chi connectivity index (χ0v) is 12.4. The summed E-state index contributed by atoms with van der Waals surface area (Å²) in [5.74, 6) is 0.159. The van der Waals surface area contributed by atoms with Gasteiger partial charge in [-0.1, -0.05) is 30.3 Å². The smallest absolute Gasteiger partial charge is 0.212 e. The van der Waals surface area contributed by atoms with Gasteiger partial charge in [-0.15, -0.1) is 0 Å². The number of sulfonamides is 1. The Morgan fingerprint density at radius 1 is 1.25 bits per heavy atom. The van der Waals surface area contributed by atoms with E-state index in [1.54, 1.807) is 0 Å². The van der Waals surface area contributed by atoms with E-state index in [1.807, 2.05) is 30.3 Å². The van der Waals surface area contributed by atoms with Gasteiger partial charge in [0.05, 0.1) is 17.4 Å². The number of hydrogen-bond donors (Lipinski definition) is 1. The largest absolute Gasteiger partial charge is 0.378 e. The minimum Gasteiger partial charge on any atom is -0.378 e. The molecule has 5 heteroatoms. The maximum Gasteiger partial charge on any atom is 0.212 e. The summed E-state index contributed by atoms with van der Waals surface area (Å²) in [5.41, 5.74) is 0.720. The third-order valence-electron chi connectivity index (χ3n) is 4.16. The van der Waals surface area contributed by atoms with E-state index in [0.29, 0.717) is 6.42 Å². The van der Waals surface area contributed by atoms with Gasteiger partial charge in [-0.25, -0.2) is 13.1 Å². The van der Waals surface area contributed by atoms with Gasteiger partial charge in [0.15, 0.2) is 0 Å². The van der Waals surface area contributed by atoms with Crippen LogP contribution in [0.2, 0.25) is 0 Å². The zero-order chi connectivity index (χ0) is 14.1. The van der Waals surface area contributed by atoms with E-state index in [1.165, 1.54) is 0 Å². The lowest BCUT2D eigenvalue weighted by Crippen LogP contribution is -2.37. The molecule has 0 aromatic heterocycles. The number of ether oxygens (including phenoxy) is 1. The summed E-state index contributed by atoms with van der Waals surface area (Å²) in [6.07, 6.45) is 4.52. The van der Waals surface area contributed by atoms with Crippen LogP contribution in [0.25, 0.3) is 0 Å². The minimum atomic E-state index is -3.24. The van der Waals surface area contributed by atoms with Crippen molar-refractivity contribution in [3.63, 3.8) is 0 Å². The van der Waals surface area contributed by atoms with Crippen LogP contribution in [0.3, 0.4) is 0 Å². The molecule has 1 aliphatic heterocycles. The molecule has 3 rings (SSSR count). The number of rotatable bonds is 6. The molecule has 0 spiro atoms. The van der Waals surface area contributed by atoms with E-state index in [9.17, 15) is 8.42 Å². The van der Waals surface area contributed by atoms with Crippen LogP contribution in [-0.2, 0) is 20.3 Å². The molecule has 0 amide bonds. The lowest BCUT2D eigenvalue weighted by atomic mass is 10.1. The summed E-state index contributed by atoms with van der Waals surface area (Å²) in [6, 6.07) is 9.85. The molecule has 1 aromatic carbocycles.